The number of aryl methyl sites for hydroxylation is 1. The van der Waals surface area contributed by atoms with E-state index < -0.39 is 0 Å². The van der Waals surface area contributed by atoms with E-state index in [0.717, 1.165) is 34.4 Å². The normalized spacial score (nSPS) is 10.7. The van der Waals surface area contributed by atoms with E-state index >= 15 is 0 Å². The number of hydrogen-bond donors (Lipinski definition) is 1. The topological polar surface area (TPSA) is 74.2 Å². The summed E-state index contributed by atoms with van der Waals surface area (Å²) in [6.45, 7) is 3.20. The van der Waals surface area contributed by atoms with Gasteiger partial charge in [-0.25, -0.2) is 4.39 Å². The Morgan fingerprint density at radius 1 is 0.829 bits per heavy atom. The molecule has 0 unspecified atom stereocenters. The Morgan fingerprint density at radius 2 is 1.56 bits per heavy atom. The summed E-state index contributed by atoms with van der Waals surface area (Å²) >= 11 is 0. The van der Waals surface area contributed by atoms with E-state index in [-0.39, 0.29) is 24.0 Å². The highest BCUT2D eigenvalue weighted by molar-refractivity contribution is 5.73. The molecule has 0 atom stereocenters. The van der Waals surface area contributed by atoms with Gasteiger partial charge in [-0.15, -0.1) is 0 Å². The van der Waals surface area contributed by atoms with E-state index in [1.54, 1.807) is 30.3 Å². The first-order valence-corrected chi connectivity index (χ1v) is 13.7. The lowest BCUT2D eigenvalue weighted by Gasteiger charge is -2.18. The molecule has 6 nitrogen and oxygen atoms in total. The van der Waals surface area contributed by atoms with Crippen molar-refractivity contribution in [3.05, 3.63) is 107 Å². The van der Waals surface area contributed by atoms with Crippen LogP contribution in [0.15, 0.2) is 84.9 Å². The van der Waals surface area contributed by atoms with E-state index in [0.29, 0.717) is 49.7 Å². The van der Waals surface area contributed by atoms with Crippen molar-refractivity contribution in [2.75, 3.05) is 20.3 Å². The van der Waals surface area contributed by atoms with Crippen molar-refractivity contribution in [3.8, 4) is 34.1 Å². The van der Waals surface area contributed by atoms with E-state index in [1.807, 2.05) is 42.5 Å². The van der Waals surface area contributed by atoms with Crippen molar-refractivity contribution in [2.45, 2.75) is 39.2 Å². The van der Waals surface area contributed by atoms with Crippen LogP contribution in [0.2, 0.25) is 0 Å². The average molecular weight is 559 g/mol. The second kappa shape index (κ2) is 14.7. The Balaban J connectivity index is 1.44. The number of esters is 1. The summed E-state index contributed by atoms with van der Waals surface area (Å²) in [6.07, 6.45) is 1.80. The Labute approximate surface area is 240 Å². The summed E-state index contributed by atoms with van der Waals surface area (Å²) in [5.74, 6) is 1.34. The standard InChI is InChI=1S/C34H35FO6/c1-3-25-21-29(26-13-15-27(35)16-14-26)33(41-23-24-9-5-4-6-10-24)22-32(25)40-20-8-19-39-31-12-7-11-30(36)28(31)17-18-34(37)38-2/h4-7,9-16,21-22,36H,3,8,17-20,23H2,1-2H3. The summed E-state index contributed by atoms with van der Waals surface area (Å²) in [6, 6.07) is 25.3. The molecular weight excluding hydrogens is 523 g/mol. The monoisotopic (exact) mass is 558 g/mol. The minimum absolute atomic E-state index is 0.0829. The number of carbonyl (C=O) groups excluding carboxylic acids is 1. The van der Waals surface area contributed by atoms with Gasteiger partial charge < -0.3 is 24.1 Å². The van der Waals surface area contributed by atoms with Crippen LogP contribution in [-0.2, 0) is 29.0 Å². The van der Waals surface area contributed by atoms with Crippen molar-refractivity contribution in [3.63, 3.8) is 0 Å². The van der Waals surface area contributed by atoms with Crippen molar-refractivity contribution >= 4 is 5.97 Å². The van der Waals surface area contributed by atoms with Gasteiger partial charge in [-0.1, -0.05) is 55.5 Å². The van der Waals surface area contributed by atoms with Gasteiger partial charge in [0.05, 0.1) is 20.3 Å². The number of benzene rings is 4. The van der Waals surface area contributed by atoms with E-state index in [2.05, 4.69) is 6.92 Å². The van der Waals surface area contributed by atoms with E-state index in [4.69, 9.17) is 18.9 Å². The molecule has 1 N–H and O–H groups in total. The first-order valence-electron chi connectivity index (χ1n) is 13.7. The largest absolute Gasteiger partial charge is 0.508 e. The minimum Gasteiger partial charge on any atom is -0.508 e. The van der Waals surface area contributed by atoms with Gasteiger partial charge in [0, 0.05) is 30.0 Å². The molecule has 0 amide bonds. The van der Waals surface area contributed by atoms with Crippen molar-refractivity contribution in [2.24, 2.45) is 0 Å². The predicted molar refractivity (Wildman–Crippen MR) is 156 cm³/mol. The van der Waals surface area contributed by atoms with Crippen LogP contribution in [-0.4, -0.2) is 31.4 Å². The number of hydrogen-bond acceptors (Lipinski definition) is 6. The highest BCUT2D eigenvalue weighted by Crippen LogP contribution is 2.37. The van der Waals surface area contributed by atoms with Crippen LogP contribution in [0.25, 0.3) is 11.1 Å². The highest BCUT2D eigenvalue weighted by Gasteiger charge is 2.15. The van der Waals surface area contributed by atoms with E-state index in [1.165, 1.54) is 19.2 Å². The smallest absolute Gasteiger partial charge is 0.305 e. The third-order valence-corrected chi connectivity index (χ3v) is 6.65. The molecule has 7 heteroatoms. The van der Waals surface area contributed by atoms with Crippen molar-refractivity contribution in [1.29, 1.82) is 0 Å². The first kappa shape index (κ1) is 29.5. The van der Waals surface area contributed by atoms with Crippen LogP contribution in [0.5, 0.6) is 23.0 Å². The van der Waals surface area contributed by atoms with Crippen molar-refractivity contribution < 1.29 is 33.2 Å². The molecule has 0 saturated carbocycles. The fourth-order valence-electron chi connectivity index (χ4n) is 4.42. The van der Waals surface area contributed by atoms with Gasteiger partial charge >= 0.3 is 5.97 Å². The summed E-state index contributed by atoms with van der Waals surface area (Å²) in [7, 11) is 1.34. The molecule has 4 aromatic carbocycles. The number of methoxy groups -OCH3 is 1. The van der Waals surface area contributed by atoms with Gasteiger partial charge in [-0.2, -0.15) is 0 Å². The lowest BCUT2D eigenvalue weighted by Crippen LogP contribution is -2.08. The van der Waals surface area contributed by atoms with Crippen LogP contribution in [0, 0.1) is 5.82 Å². The fourth-order valence-corrected chi connectivity index (χ4v) is 4.42. The molecule has 0 fully saturated rings. The number of halogens is 1. The molecule has 0 aliphatic heterocycles. The molecule has 0 saturated heterocycles. The second-order valence-electron chi connectivity index (χ2n) is 9.47. The Morgan fingerprint density at radius 3 is 2.27 bits per heavy atom. The molecule has 41 heavy (non-hydrogen) atoms. The number of aromatic hydroxyl groups is 1. The Bertz CT molecular complexity index is 1420. The zero-order valence-corrected chi connectivity index (χ0v) is 23.4. The summed E-state index contributed by atoms with van der Waals surface area (Å²) in [5.41, 5.74) is 4.35. The maximum Gasteiger partial charge on any atom is 0.305 e. The quantitative estimate of drug-likeness (QED) is 0.129. The molecule has 0 aromatic heterocycles. The van der Waals surface area contributed by atoms with Gasteiger partial charge in [-0.05, 0) is 59.9 Å². The molecule has 0 bridgehead atoms. The maximum atomic E-state index is 13.6. The fraction of sp³-hybridized carbons (Fsp3) is 0.265. The zero-order chi connectivity index (χ0) is 29.0. The van der Waals surface area contributed by atoms with Gasteiger partial charge in [0.1, 0.15) is 35.4 Å². The summed E-state index contributed by atoms with van der Waals surface area (Å²) in [5, 5.41) is 10.3. The van der Waals surface area contributed by atoms with Crippen LogP contribution in [0.1, 0.15) is 36.5 Å². The number of phenolic OH excluding ortho intramolecular Hbond substituents is 1. The second-order valence-corrected chi connectivity index (χ2v) is 9.47. The number of rotatable bonds is 14. The summed E-state index contributed by atoms with van der Waals surface area (Å²) in [4.78, 5) is 11.6. The molecule has 214 valence electrons. The highest BCUT2D eigenvalue weighted by atomic mass is 19.1. The number of carbonyl (C=O) groups is 1. The molecule has 0 heterocycles. The molecule has 4 rings (SSSR count). The van der Waals surface area contributed by atoms with Crippen molar-refractivity contribution in [1.82, 2.24) is 0 Å². The van der Waals surface area contributed by atoms with Gasteiger partial charge in [-0.3, -0.25) is 4.79 Å². The predicted octanol–water partition coefficient (Wildman–Crippen LogP) is 7.29. The first-order chi connectivity index (χ1) is 20.0. The lowest BCUT2D eigenvalue weighted by molar-refractivity contribution is -0.140. The number of ether oxygens (including phenoxy) is 4. The van der Waals surface area contributed by atoms with Gasteiger partial charge in [0.15, 0.2) is 0 Å². The van der Waals surface area contributed by atoms with E-state index in [9.17, 15) is 14.3 Å². The molecule has 0 spiro atoms. The van der Waals surface area contributed by atoms with Crippen LogP contribution >= 0.6 is 0 Å². The molecule has 0 aliphatic rings. The lowest BCUT2D eigenvalue weighted by atomic mass is 10.00. The molecule has 0 aliphatic carbocycles. The maximum absolute atomic E-state index is 13.6. The Kier molecular flexibility index (Phi) is 10.6. The van der Waals surface area contributed by atoms with Crippen LogP contribution in [0.4, 0.5) is 4.39 Å². The SMILES string of the molecule is CCc1cc(-c2ccc(F)cc2)c(OCc2ccccc2)cc1OCCCOc1cccc(O)c1CCC(=O)OC. The molecule has 0 radical (unpaired) electrons. The van der Waals surface area contributed by atoms with Crippen LogP contribution in [0.3, 0.4) is 0 Å². The number of phenols is 1. The van der Waals surface area contributed by atoms with Crippen LogP contribution < -0.4 is 14.2 Å². The van der Waals surface area contributed by atoms with Gasteiger partial charge in [0.25, 0.3) is 0 Å². The minimum atomic E-state index is -0.350. The van der Waals surface area contributed by atoms with Gasteiger partial charge in [0.2, 0.25) is 0 Å². The summed E-state index contributed by atoms with van der Waals surface area (Å²) < 4.78 is 36.7. The third kappa shape index (κ3) is 8.24. The third-order valence-electron chi connectivity index (χ3n) is 6.65. The zero-order valence-electron chi connectivity index (χ0n) is 23.4. The Hall–Kier alpha value is -4.52. The average Bonchev–Trinajstić information content (AvgIpc) is 3.00. The molecule has 4 aromatic rings. The molecular formula is C34H35FO6.